The molecule has 0 amide bonds. The molecule has 0 unspecified atom stereocenters. The van der Waals surface area contributed by atoms with E-state index >= 15 is 0 Å². The monoisotopic (exact) mass is 881 g/mol. The molecule has 3 heterocycles. The molecule has 0 bridgehead atoms. The van der Waals surface area contributed by atoms with E-state index in [1.54, 1.807) is 0 Å². The minimum Gasteiger partial charge on any atom is -0.456 e. The first-order valence-electron chi connectivity index (χ1n) is 22.2. The summed E-state index contributed by atoms with van der Waals surface area (Å²) in [5.74, 6) is 0. The van der Waals surface area contributed by atoms with Crippen LogP contribution in [0.3, 0.4) is 0 Å². The van der Waals surface area contributed by atoms with Crippen molar-refractivity contribution in [2.75, 3.05) is 14.7 Å². The number of benzene rings is 10. The number of rotatable bonds is 9. The average molecular weight is 882 g/mol. The third kappa shape index (κ3) is 6.49. The van der Waals surface area contributed by atoms with Gasteiger partial charge in [0.05, 0.1) is 10.4 Å². The molecule has 0 N–H and O–H groups in total. The number of hydrogen-bond acceptors (Lipinski definition) is 6. The maximum absolute atomic E-state index is 6.41. The largest absolute Gasteiger partial charge is 0.456 e. The number of thiophene rings is 2. The highest BCUT2D eigenvalue weighted by atomic mass is 32.1. The van der Waals surface area contributed by atoms with E-state index in [0.29, 0.717) is 0 Å². The molecule has 0 radical (unpaired) electrons. The van der Waals surface area contributed by atoms with E-state index in [4.69, 9.17) is 4.42 Å². The van der Waals surface area contributed by atoms with Gasteiger partial charge < -0.3 is 19.1 Å². The Morgan fingerprint density at radius 1 is 0.258 bits per heavy atom. The lowest BCUT2D eigenvalue weighted by Gasteiger charge is -2.30. The normalized spacial score (nSPS) is 11.6. The van der Waals surface area contributed by atoms with E-state index in [1.165, 1.54) is 40.3 Å². The molecule has 312 valence electrons. The van der Waals surface area contributed by atoms with Gasteiger partial charge in [-0.15, -0.1) is 22.7 Å². The molecule has 0 saturated heterocycles. The minimum absolute atomic E-state index is 0.868. The fourth-order valence-corrected chi connectivity index (χ4v) is 11.9. The molecule has 0 fully saturated rings. The number of hydrogen-bond donors (Lipinski definition) is 0. The lowest BCUT2D eigenvalue weighted by atomic mass is 10.1. The highest BCUT2D eigenvalue weighted by molar-refractivity contribution is 7.26. The van der Waals surface area contributed by atoms with Crippen LogP contribution in [0.15, 0.2) is 241 Å². The Balaban J connectivity index is 1.07. The van der Waals surface area contributed by atoms with Crippen LogP contribution in [0.1, 0.15) is 0 Å². The second-order valence-electron chi connectivity index (χ2n) is 16.5. The molecule has 0 spiro atoms. The van der Waals surface area contributed by atoms with E-state index < -0.39 is 0 Å². The number of nitrogens with zero attached hydrogens (tertiary/aromatic N) is 3. The average Bonchev–Trinajstić information content (AvgIpc) is 4.07. The van der Waals surface area contributed by atoms with Gasteiger partial charge in [-0.1, -0.05) is 109 Å². The van der Waals surface area contributed by atoms with Crippen molar-refractivity contribution in [3.8, 4) is 0 Å². The number of para-hydroxylation sites is 5. The van der Waals surface area contributed by atoms with Crippen molar-refractivity contribution in [3.05, 3.63) is 237 Å². The Hall–Kier alpha value is -8.16. The van der Waals surface area contributed by atoms with Crippen LogP contribution in [-0.4, -0.2) is 0 Å². The Bertz CT molecular complexity index is 3820. The Kier molecular flexibility index (Phi) is 9.18. The third-order valence-corrected chi connectivity index (χ3v) is 14.9. The number of furan rings is 1. The van der Waals surface area contributed by atoms with Crippen molar-refractivity contribution in [1.29, 1.82) is 0 Å². The number of anilines is 9. The van der Waals surface area contributed by atoms with Crippen molar-refractivity contribution in [2.24, 2.45) is 0 Å². The lowest BCUT2D eigenvalue weighted by Crippen LogP contribution is -2.13. The van der Waals surface area contributed by atoms with Crippen LogP contribution in [0.4, 0.5) is 51.2 Å². The van der Waals surface area contributed by atoms with Crippen molar-refractivity contribution in [2.45, 2.75) is 0 Å². The zero-order valence-electron chi connectivity index (χ0n) is 35.6. The van der Waals surface area contributed by atoms with Crippen LogP contribution in [0.5, 0.6) is 0 Å². The molecule has 6 heteroatoms. The van der Waals surface area contributed by atoms with Gasteiger partial charge in [-0.2, -0.15) is 0 Å². The molecular formula is C60H39N3OS2. The smallest absolute Gasteiger partial charge is 0.135 e. The topological polar surface area (TPSA) is 22.9 Å². The van der Waals surface area contributed by atoms with Crippen molar-refractivity contribution >= 4 is 136 Å². The van der Waals surface area contributed by atoms with Crippen molar-refractivity contribution in [1.82, 2.24) is 0 Å². The molecule has 66 heavy (non-hydrogen) atoms. The Morgan fingerprint density at radius 3 is 1.27 bits per heavy atom. The molecular weight excluding hydrogens is 843 g/mol. The second-order valence-corrected chi connectivity index (χ2v) is 18.7. The van der Waals surface area contributed by atoms with Crippen LogP contribution >= 0.6 is 22.7 Å². The molecule has 4 nitrogen and oxygen atoms in total. The van der Waals surface area contributed by atoms with Gasteiger partial charge in [-0.3, -0.25) is 0 Å². The van der Waals surface area contributed by atoms with Crippen LogP contribution in [0.2, 0.25) is 0 Å². The molecule has 0 aliphatic carbocycles. The SMILES string of the molecule is c1ccc(N(c2ccccc2)c2ccc3sc4ccc(N(c5ccc6oc7ccccc7c6c5)c5cc(N(c6ccccc6)c6ccccc6)c6sc7ccccc7c6c5)cc4c3c2)cc1. The predicted molar refractivity (Wildman–Crippen MR) is 284 cm³/mol. The first-order chi connectivity index (χ1) is 32.7. The summed E-state index contributed by atoms with van der Waals surface area (Å²) in [5.41, 5.74) is 11.6. The molecule has 0 saturated carbocycles. The highest BCUT2D eigenvalue weighted by Gasteiger charge is 2.24. The van der Waals surface area contributed by atoms with Crippen molar-refractivity contribution in [3.63, 3.8) is 0 Å². The lowest BCUT2D eigenvalue weighted by molar-refractivity contribution is 0.669. The fourth-order valence-electron chi connectivity index (χ4n) is 9.60. The van der Waals surface area contributed by atoms with Gasteiger partial charge in [-0.25, -0.2) is 0 Å². The Labute approximate surface area is 389 Å². The van der Waals surface area contributed by atoms with E-state index in [0.717, 1.165) is 73.1 Å². The summed E-state index contributed by atoms with van der Waals surface area (Å²) >= 11 is 3.69. The third-order valence-electron chi connectivity index (χ3n) is 12.6. The maximum atomic E-state index is 6.41. The molecule has 13 rings (SSSR count). The molecule has 3 aromatic heterocycles. The maximum Gasteiger partial charge on any atom is 0.135 e. The van der Waals surface area contributed by atoms with Gasteiger partial charge in [0.2, 0.25) is 0 Å². The zero-order valence-corrected chi connectivity index (χ0v) is 37.2. The molecule has 10 aromatic carbocycles. The molecule has 0 aliphatic heterocycles. The van der Waals surface area contributed by atoms with E-state index in [9.17, 15) is 0 Å². The second kappa shape index (κ2) is 15.8. The van der Waals surface area contributed by atoms with Gasteiger partial charge in [-0.05, 0) is 127 Å². The minimum atomic E-state index is 0.868. The number of fused-ring (bicyclic) bond motifs is 9. The van der Waals surface area contributed by atoms with Crippen LogP contribution in [0.25, 0.3) is 62.3 Å². The summed E-state index contributed by atoms with van der Waals surface area (Å²) in [6, 6.07) is 85.2. The van der Waals surface area contributed by atoms with Crippen molar-refractivity contribution < 1.29 is 4.42 Å². The molecule has 0 aliphatic rings. The summed E-state index contributed by atoms with van der Waals surface area (Å²) in [7, 11) is 0. The predicted octanol–water partition coefficient (Wildman–Crippen LogP) is 18.7. The highest BCUT2D eigenvalue weighted by Crippen LogP contribution is 2.50. The summed E-state index contributed by atoms with van der Waals surface area (Å²) < 4.78 is 11.4. The summed E-state index contributed by atoms with van der Waals surface area (Å²) in [6.45, 7) is 0. The van der Waals surface area contributed by atoms with Gasteiger partial charge in [0.25, 0.3) is 0 Å². The van der Waals surface area contributed by atoms with Gasteiger partial charge in [0.1, 0.15) is 11.2 Å². The van der Waals surface area contributed by atoms with Crippen LogP contribution < -0.4 is 14.7 Å². The first kappa shape index (κ1) is 38.3. The van der Waals surface area contributed by atoms with Crippen LogP contribution in [0, 0.1) is 0 Å². The standard InChI is InChI=1S/C60H39N3OS2/c1-5-17-40(18-6-1)61(41-19-7-2-8-20-41)45-30-33-58-51(36-45)52-37-46(31-34-59(52)65-58)62(44-29-32-56-50(35-44)48-25-13-15-27-55(48)64-56)47-38-53-49-26-14-16-28-57(49)66-60(53)54(39-47)63(42-21-9-3-10-22-42)43-23-11-4-12-24-43/h1-39H. The quantitative estimate of drug-likeness (QED) is 0.144. The van der Waals surface area contributed by atoms with E-state index in [1.807, 2.05) is 28.7 Å². The molecule has 13 aromatic rings. The summed E-state index contributed by atoms with van der Waals surface area (Å²) in [5, 5.41) is 7.08. The summed E-state index contributed by atoms with van der Waals surface area (Å²) in [6.07, 6.45) is 0. The van der Waals surface area contributed by atoms with E-state index in [-0.39, 0.29) is 0 Å². The van der Waals surface area contributed by atoms with Gasteiger partial charge in [0.15, 0.2) is 0 Å². The summed E-state index contributed by atoms with van der Waals surface area (Å²) in [4.78, 5) is 7.20. The van der Waals surface area contributed by atoms with E-state index in [2.05, 4.69) is 245 Å². The van der Waals surface area contributed by atoms with Gasteiger partial charge >= 0.3 is 0 Å². The first-order valence-corrected chi connectivity index (χ1v) is 23.8. The fraction of sp³-hybridized carbons (Fsp3) is 0. The zero-order chi connectivity index (χ0) is 43.6. The molecule has 0 atom stereocenters. The Morgan fingerprint density at radius 2 is 0.682 bits per heavy atom. The van der Waals surface area contributed by atoms with Gasteiger partial charge in [0, 0.05) is 91.9 Å². The van der Waals surface area contributed by atoms with Crippen LogP contribution in [-0.2, 0) is 0 Å².